The average molecular weight is 202 g/mol. The summed E-state index contributed by atoms with van der Waals surface area (Å²) in [4.78, 5) is 11.0. The Labute approximate surface area is 86.5 Å². The van der Waals surface area contributed by atoms with Gasteiger partial charge in [0.05, 0.1) is 6.10 Å². The monoisotopic (exact) mass is 202 g/mol. The largest absolute Gasteiger partial charge is 0.463 e. The van der Waals surface area contributed by atoms with E-state index in [4.69, 9.17) is 9.84 Å². The van der Waals surface area contributed by atoms with Gasteiger partial charge in [-0.2, -0.15) is 0 Å². The number of unbranched alkanes of at least 4 members (excludes halogenated alkanes) is 4. The van der Waals surface area contributed by atoms with Crippen LogP contribution in [0.3, 0.4) is 0 Å². The van der Waals surface area contributed by atoms with Crippen molar-refractivity contribution in [3.63, 3.8) is 0 Å². The molecule has 1 N–H and O–H groups in total. The van der Waals surface area contributed by atoms with Gasteiger partial charge in [-0.1, -0.05) is 32.6 Å². The van der Waals surface area contributed by atoms with Crippen molar-refractivity contribution in [2.75, 3.05) is 6.61 Å². The van der Waals surface area contributed by atoms with Crippen LogP contribution in [-0.2, 0) is 9.53 Å². The number of ether oxygens (including phenoxy) is 1. The zero-order valence-corrected chi connectivity index (χ0v) is 9.29. The van der Waals surface area contributed by atoms with Crippen molar-refractivity contribution >= 4 is 5.97 Å². The van der Waals surface area contributed by atoms with Crippen LogP contribution < -0.4 is 0 Å². The van der Waals surface area contributed by atoms with Gasteiger partial charge in [0.25, 0.3) is 0 Å². The van der Waals surface area contributed by atoms with Crippen molar-refractivity contribution in [2.45, 2.75) is 58.5 Å². The maximum atomic E-state index is 11.0. The summed E-state index contributed by atoms with van der Waals surface area (Å²) in [5.41, 5.74) is 0. The van der Waals surface area contributed by atoms with Gasteiger partial charge in [0.2, 0.25) is 0 Å². The highest BCUT2D eigenvalue weighted by Gasteiger charge is 2.04. The predicted octanol–water partition coefficient (Wildman–Crippen LogP) is 2.27. The summed E-state index contributed by atoms with van der Waals surface area (Å²) in [6.45, 7) is 3.89. The van der Waals surface area contributed by atoms with E-state index < -0.39 is 6.10 Å². The number of aliphatic hydroxyl groups is 1. The molecule has 0 unspecified atom stereocenters. The van der Waals surface area contributed by atoms with Gasteiger partial charge in [-0.3, -0.25) is 4.79 Å². The second-order valence-corrected chi connectivity index (χ2v) is 3.70. The van der Waals surface area contributed by atoms with Crippen molar-refractivity contribution < 1.29 is 14.6 Å². The molecule has 0 rings (SSSR count). The zero-order chi connectivity index (χ0) is 10.8. The highest BCUT2D eigenvalue weighted by molar-refractivity contribution is 5.69. The SMILES string of the molecule is CCCCCCCC(=O)OC[C@@H](C)O. The molecule has 0 aliphatic rings. The lowest BCUT2D eigenvalue weighted by Gasteiger charge is -2.06. The maximum Gasteiger partial charge on any atom is 0.305 e. The minimum Gasteiger partial charge on any atom is -0.463 e. The number of rotatable bonds is 8. The van der Waals surface area contributed by atoms with E-state index in [0.717, 1.165) is 12.8 Å². The second kappa shape index (κ2) is 9.00. The summed E-state index contributed by atoms with van der Waals surface area (Å²) in [5, 5.41) is 8.87. The van der Waals surface area contributed by atoms with Crippen LogP contribution in [0.1, 0.15) is 52.4 Å². The molecule has 0 heterocycles. The predicted molar refractivity (Wildman–Crippen MR) is 56.0 cm³/mol. The fourth-order valence-electron chi connectivity index (χ4n) is 1.16. The summed E-state index contributed by atoms with van der Waals surface area (Å²) < 4.78 is 4.82. The third kappa shape index (κ3) is 9.52. The second-order valence-electron chi connectivity index (χ2n) is 3.70. The van der Waals surface area contributed by atoms with Crippen molar-refractivity contribution in [3.8, 4) is 0 Å². The Morgan fingerprint density at radius 2 is 1.93 bits per heavy atom. The molecular weight excluding hydrogens is 180 g/mol. The Hall–Kier alpha value is -0.570. The van der Waals surface area contributed by atoms with Gasteiger partial charge in [-0.05, 0) is 13.3 Å². The third-order valence-corrected chi connectivity index (χ3v) is 1.97. The molecule has 0 spiro atoms. The molecule has 0 aromatic heterocycles. The van der Waals surface area contributed by atoms with Crippen molar-refractivity contribution in [1.29, 1.82) is 0 Å². The van der Waals surface area contributed by atoms with E-state index in [2.05, 4.69) is 6.92 Å². The number of carbonyl (C=O) groups is 1. The third-order valence-electron chi connectivity index (χ3n) is 1.97. The molecule has 0 bridgehead atoms. The van der Waals surface area contributed by atoms with Crippen LogP contribution in [0.5, 0.6) is 0 Å². The van der Waals surface area contributed by atoms with Crippen LogP contribution in [0.25, 0.3) is 0 Å². The first-order valence-corrected chi connectivity index (χ1v) is 5.50. The molecular formula is C11H22O3. The molecule has 0 saturated heterocycles. The van der Waals surface area contributed by atoms with Gasteiger partial charge < -0.3 is 9.84 Å². The van der Waals surface area contributed by atoms with E-state index in [1.165, 1.54) is 19.3 Å². The molecule has 0 radical (unpaired) electrons. The van der Waals surface area contributed by atoms with Crippen LogP contribution >= 0.6 is 0 Å². The van der Waals surface area contributed by atoms with E-state index in [-0.39, 0.29) is 12.6 Å². The van der Waals surface area contributed by atoms with E-state index in [1.807, 2.05) is 0 Å². The zero-order valence-electron chi connectivity index (χ0n) is 9.29. The normalized spacial score (nSPS) is 12.5. The Balaban J connectivity index is 3.18. The first kappa shape index (κ1) is 13.4. The first-order chi connectivity index (χ1) is 6.66. The minimum atomic E-state index is -0.556. The molecule has 0 fully saturated rings. The summed E-state index contributed by atoms with van der Waals surface area (Å²) in [6.07, 6.45) is 5.57. The lowest BCUT2D eigenvalue weighted by molar-refractivity contribution is -0.146. The summed E-state index contributed by atoms with van der Waals surface area (Å²) in [7, 11) is 0. The van der Waals surface area contributed by atoms with Gasteiger partial charge in [0.15, 0.2) is 0 Å². The standard InChI is InChI=1S/C11H22O3/c1-3-4-5-6-7-8-11(13)14-9-10(2)12/h10,12H,3-9H2,1-2H3/t10-/m1/s1. The highest BCUT2D eigenvalue weighted by Crippen LogP contribution is 2.05. The lowest BCUT2D eigenvalue weighted by Crippen LogP contribution is -2.14. The van der Waals surface area contributed by atoms with Gasteiger partial charge in [0.1, 0.15) is 6.61 Å². The minimum absolute atomic E-state index is 0.119. The van der Waals surface area contributed by atoms with E-state index >= 15 is 0 Å². The average Bonchev–Trinajstić information content (AvgIpc) is 2.14. The van der Waals surface area contributed by atoms with Crippen LogP contribution in [0.15, 0.2) is 0 Å². The van der Waals surface area contributed by atoms with Crippen LogP contribution in [0.4, 0.5) is 0 Å². The molecule has 0 aliphatic heterocycles. The topological polar surface area (TPSA) is 46.5 Å². The molecule has 3 heteroatoms. The van der Waals surface area contributed by atoms with Crippen molar-refractivity contribution in [2.24, 2.45) is 0 Å². The van der Waals surface area contributed by atoms with Crippen molar-refractivity contribution in [1.82, 2.24) is 0 Å². The fourth-order valence-corrected chi connectivity index (χ4v) is 1.16. The Morgan fingerprint density at radius 3 is 2.50 bits per heavy atom. The van der Waals surface area contributed by atoms with Gasteiger partial charge in [0, 0.05) is 6.42 Å². The quantitative estimate of drug-likeness (QED) is 0.485. The number of aliphatic hydroxyl groups excluding tert-OH is 1. The maximum absolute atomic E-state index is 11.0. The van der Waals surface area contributed by atoms with E-state index in [1.54, 1.807) is 6.92 Å². The smallest absolute Gasteiger partial charge is 0.305 e. The highest BCUT2D eigenvalue weighted by atomic mass is 16.5. The van der Waals surface area contributed by atoms with Gasteiger partial charge in [-0.25, -0.2) is 0 Å². The number of carbonyl (C=O) groups excluding carboxylic acids is 1. The Morgan fingerprint density at radius 1 is 1.29 bits per heavy atom. The number of hydrogen-bond acceptors (Lipinski definition) is 3. The summed E-state index contributed by atoms with van der Waals surface area (Å²) in [6, 6.07) is 0. The molecule has 0 aliphatic carbocycles. The molecule has 0 aromatic carbocycles. The van der Waals surface area contributed by atoms with Gasteiger partial charge in [-0.15, -0.1) is 0 Å². The molecule has 0 saturated carbocycles. The van der Waals surface area contributed by atoms with Crippen LogP contribution in [-0.4, -0.2) is 23.8 Å². The number of esters is 1. The molecule has 84 valence electrons. The molecule has 0 amide bonds. The number of hydrogen-bond donors (Lipinski definition) is 1. The van der Waals surface area contributed by atoms with Crippen molar-refractivity contribution in [3.05, 3.63) is 0 Å². The molecule has 1 atom stereocenters. The van der Waals surface area contributed by atoms with Gasteiger partial charge >= 0.3 is 5.97 Å². The van der Waals surface area contributed by atoms with E-state index in [0.29, 0.717) is 6.42 Å². The summed E-state index contributed by atoms with van der Waals surface area (Å²) >= 11 is 0. The summed E-state index contributed by atoms with van der Waals surface area (Å²) in [5.74, 6) is -0.192. The Bertz CT molecular complexity index is 143. The lowest BCUT2D eigenvalue weighted by atomic mass is 10.1. The fraction of sp³-hybridized carbons (Fsp3) is 0.909. The van der Waals surface area contributed by atoms with E-state index in [9.17, 15) is 4.79 Å². The first-order valence-electron chi connectivity index (χ1n) is 5.50. The van der Waals surface area contributed by atoms with Crippen LogP contribution in [0, 0.1) is 0 Å². The molecule has 14 heavy (non-hydrogen) atoms. The Kier molecular flexibility index (Phi) is 8.64. The molecule has 3 nitrogen and oxygen atoms in total. The molecule has 0 aromatic rings. The van der Waals surface area contributed by atoms with Crippen LogP contribution in [0.2, 0.25) is 0 Å².